The lowest BCUT2D eigenvalue weighted by Crippen LogP contribution is -2.03. The van der Waals surface area contributed by atoms with E-state index in [2.05, 4.69) is 9.97 Å². The van der Waals surface area contributed by atoms with Crippen LogP contribution in [-0.4, -0.2) is 27.4 Å². The lowest BCUT2D eigenvalue weighted by molar-refractivity contribution is -0.0760. The Bertz CT molecular complexity index is 504. The van der Waals surface area contributed by atoms with E-state index in [4.69, 9.17) is 9.94 Å². The molecule has 0 aliphatic rings. The highest BCUT2D eigenvalue weighted by Crippen LogP contribution is 2.26. The maximum atomic E-state index is 9.63. The van der Waals surface area contributed by atoms with Gasteiger partial charge in [0.15, 0.2) is 12.1 Å². The van der Waals surface area contributed by atoms with Crippen molar-refractivity contribution in [2.75, 3.05) is 12.6 Å². The van der Waals surface area contributed by atoms with Gasteiger partial charge in [-0.1, -0.05) is 12.1 Å². The van der Waals surface area contributed by atoms with Gasteiger partial charge in [0.25, 0.3) is 0 Å². The summed E-state index contributed by atoms with van der Waals surface area (Å²) < 4.78 is 4.83. The molecule has 6 heteroatoms. The molecule has 2 rings (SSSR count). The molecule has 0 fully saturated rings. The monoisotopic (exact) mass is 221 g/mol. The third-order valence-corrected chi connectivity index (χ3v) is 2.29. The van der Waals surface area contributed by atoms with Gasteiger partial charge in [0.05, 0.1) is 5.52 Å². The molecule has 1 aromatic carbocycles. The molecule has 1 aromatic heterocycles. The van der Waals surface area contributed by atoms with Gasteiger partial charge >= 0.3 is 0 Å². The van der Waals surface area contributed by atoms with E-state index >= 15 is 0 Å². The summed E-state index contributed by atoms with van der Waals surface area (Å²) >= 11 is 0. The molecule has 1 atom stereocenters. The zero-order valence-corrected chi connectivity index (χ0v) is 8.58. The second-order valence-electron chi connectivity index (χ2n) is 3.17. The number of rotatable bonds is 3. The van der Waals surface area contributed by atoms with E-state index < -0.39 is 6.29 Å². The first kappa shape index (κ1) is 10.7. The van der Waals surface area contributed by atoms with Crippen LogP contribution < -0.4 is 5.48 Å². The second kappa shape index (κ2) is 4.40. The maximum Gasteiger partial charge on any atom is 0.182 e. The molecule has 0 saturated carbocycles. The van der Waals surface area contributed by atoms with Crippen molar-refractivity contribution in [1.29, 1.82) is 0 Å². The fourth-order valence-electron chi connectivity index (χ4n) is 1.53. The number of nitrogens with one attached hydrogen (secondary N) is 1. The molecule has 1 unspecified atom stereocenters. The molecular formula is C10H11N3O3. The number of hydrogen-bond acceptors (Lipinski definition) is 6. The normalized spacial score (nSPS) is 12.7. The molecule has 0 saturated heterocycles. The Morgan fingerprint density at radius 3 is 2.88 bits per heavy atom. The van der Waals surface area contributed by atoms with Crippen molar-refractivity contribution in [3.8, 4) is 0 Å². The number of aliphatic hydroxyl groups excluding tert-OH is 1. The summed E-state index contributed by atoms with van der Waals surface area (Å²) in [4.78, 5) is 7.91. The van der Waals surface area contributed by atoms with Gasteiger partial charge in [0.1, 0.15) is 6.33 Å². The maximum absolute atomic E-state index is 9.63. The van der Waals surface area contributed by atoms with Crippen LogP contribution in [0.2, 0.25) is 0 Å². The van der Waals surface area contributed by atoms with Crippen molar-refractivity contribution < 1.29 is 15.1 Å². The Hall–Kier alpha value is -1.76. The first-order valence-electron chi connectivity index (χ1n) is 4.62. The Balaban J connectivity index is 2.69. The quantitative estimate of drug-likeness (QED) is 0.530. The van der Waals surface area contributed by atoms with Gasteiger partial charge in [-0.05, 0) is 6.07 Å². The van der Waals surface area contributed by atoms with Crippen molar-refractivity contribution in [2.24, 2.45) is 0 Å². The van der Waals surface area contributed by atoms with E-state index in [1.54, 1.807) is 18.2 Å². The van der Waals surface area contributed by atoms with E-state index in [0.29, 0.717) is 16.5 Å². The summed E-state index contributed by atoms with van der Waals surface area (Å²) in [7, 11) is 1.40. The van der Waals surface area contributed by atoms with Crippen molar-refractivity contribution in [3.63, 3.8) is 0 Å². The van der Waals surface area contributed by atoms with Gasteiger partial charge < -0.3 is 9.84 Å². The molecule has 0 spiro atoms. The fourth-order valence-corrected chi connectivity index (χ4v) is 1.53. The van der Waals surface area contributed by atoms with Gasteiger partial charge in [-0.25, -0.2) is 9.97 Å². The minimum absolute atomic E-state index is 0.287. The molecule has 0 amide bonds. The minimum Gasteiger partial charge on any atom is -0.364 e. The number of nitrogens with zero attached hydrogens (tertiary/aromatic N) is 2. The molecule has 0 bridgehead atoms. The van der Waals surface area contributed by atoms with E-state index in [9.17, 15) is 5.11 Å². The summed E-state index contributed by atoms with van der Waals surface area (Å²) in [6.45, 7) is 0. The van der Waals surface area contributed by atoms with Crippen molar-refractivity contribution >= 4 is 16.7 Å². The molecule has 0 aliphatic carbocycles. The highest BCUT2D eigenvalue weighted by molar-refractivity contribution is 5.90. The molecule has 16 heavy (non-hydrogen) atoms. The zero-order valence-electron chi connectivity index (χ0n) is 8.58. The second-order valence-corrected chi connectivity index (χ2v) is 3.17. The van der Waals surface area contributed by atoms with Gasteiger partial charge in [0, 0.05) is 18.1 Å². The average Bonchev–Trinajstić information content (AvgIpc) is 2.36. The summed E-state index contributed by atoms with van der Waals surface area (Å²) in [5.74, 6) is 0.287. The van der Waals surface area contributed by atoms with E-state index in [-0.39, 0.29) is 5.82 Å². The number of fused-ring (bicyclic) bond motifs is 1. The minimum atomic E-state index is -1.05. The largest absolute Gasteiger partial charge is 0.364 e. The number of anilines is 1. The predicted molar refractivity (Wildman–Crippen MR) is 56.9 cm³/mol. The van der Waals surface area contributed by atoms with Crippen molar-refractivity contribution in [1.82, 2.24) is 9.97 Å². The van der Waals surface area contributed by atoms with Crippen molar-refractivity contribution in [2.45, 2.75) is 6.29 Å². The molecule has 84 valence electrons. The average molecular weight is 221 g/mol. The van der Waals surface area contributed by atoms with E-state index in [0.717, 1.165) is 0 Å². The topological polar surface area (TPSA) is 87.5 Å². The van der Waals surface area contributed by atoms with Crippen LogP contribution >= 0.6 is 0 Å². The lowest BCUT2D eigenvalue weighted by atomic mass is 10.1. The Kier molecular flexibility index (Phi) is 2.95. The smallest absolute Gasteiger partial charge is 0.182 e. The Morgan fingerprint density at radius 1 is 1.38 bits per heavy atom. The van der Waals surface area contributed by atoms with Crippen LogP contribution in [0, 0.1) is 0 Å². The number of aromatic nitrogens is 2. The van der Waals surface area contributed by atoms with Crippen LogP contribution in [0.15, 0.2) is 24.5 Å². The number of aliphatic hydroxyl groups is 1. The molecule has 3 N–H and O–H groups in total. The highest BCUT2D eigenvalue weighted by atomic mass is 16.6. The SMILES string of the molecule is COC(O)c1cccc2c(NO)ncnc12. The van der Waals surface area contributed by atoms with Crippen LogP contribution in [0.3, 0.4) is 0 Å². The third-order valence-electron chi connectivity index (χ3n) is 2.29. The van der Waals surface area contributed by atoms with E-state index in [1.807, 2.05) is 5.48 Å². The number of hydrogen-bond donors (Lipinski definition) is 3. The van der Waals surface area contributed by atoms with Crippen molar-refractivity contribution in [3.05, 3.63) is 30.1 Å². The predicted octanol–water partition coefficient (Wildman–Crippen LogP) is 1.07. The summed E-state index contributed by atoms with van der Waals surface area (Å²) in [6.07, 6.45) is 0.248. The summed E-state index contributed by atoms with van der Waals surface area (Å²) in [5, 5.41) is 19.1. The van der Waals surface area contributed by atoms with Crippen LogP contribution in [0.25, 0.3) is 10.9 Å². The first-order chi connectivity index (χ1) is 7.77. The molecular weight excluding hydrogens is 210 g/mol. The molecule has 0 radical (unpaired) electrons. The number of methoxy groups -OCH3 is 1. The van der Waals surface area contributed by atoms with Gasteiger partial charge in [-0.3, -0.25) is 10.7 Å². The third kappa shape index (κ3) is 1.69. The Morgan fingerprint density at radius 2 is 2.19 bits per heavy atom. The van der Waals surface area contributed by atoms with Crippen LogP contribution in [-0.2, 0) is 4.74 Å². The first-order valence-corrected chi connectivity index (χ1v) is 4.62. The molecule has 6 nitrogen and oxygen atoms in total. The lowest BCUT2D eigenvalue weighted by Gasteiger charge is -2.11. The number of ether oxygens (including phenoxy) is 1. The van der Waals surface area contributed by atoms with Crippen LogP contribution in [0.5, 0.6) is 0 Å². The standard InChI is InChI=1S/C10H11N3O3/c1-16-10(14)7-4-2-3-6-8(7)11-5-12-9(6)13-15/h2-5,10,14-15H,1H3,(H,11,12,13). The fraction of sp³-hybridized carbons (Fsp3) is 0.200. The van der Waals surface area contributed by atoms with E-state index in [1.165, 1.54) is 13.4 Å². The number of para-hydroxylation sites is 1. The van der Waals surface area contributed by atoms with Gasteiger partial charge in [-0.15, -0.1) is 0 Å². The van der Waals surface area contributed by atoms with Gasteiger partial charge in [-0.2, -0.15) is 0 Å². The molecule has 0 aliphatic heterocycles. The summed E-state index contributed by atoms with van der Waals surface area (Å²) in [6, 6.07) is 5.16. The zero-order chi connectivity index (χ0) is 11.5. The Labute approximate surface area is 91.5 Å². The highest BCUT2D eigenvalue weighted by Gasteiger charge is 2.12. The molecule has 1 heterocycles. The number of benzene rings is 1. The summed E-state index contributed by atoms with van der Waals surface area (Å²) in [5.41, 5.74) is 3.04. The molecule has 2 aromatic rings. The van der Waals surface area contributed by atoms with Crippen LogP contribution in [0.1, 0.15) is 11.9 Å². The van der Waals surface area contributed by atoms with Gasteiger partial charge in [0.2, 0.25) is 0 Å². The van der Waals surface area contributed by atoms with Crippen LogP contribution in [0.4, 0.5) is 5.82 Å².